The van der Waals surface area contributed by atoms with E-state index in [1.165, 1.54) is 0 Å². The van der Waals surface area contributed by atoms with Crippen molar-refractivity contribution in [3.05, 3.63) is 42.5 Å². The Hall–Kier alpha value is -2.90. The summed E-state index contributed by atoms with van der Waals surface area (Å²) in [5.74, 6) is 0.280. The van der Waals surface area contributed by atoms with E-state index in [0.717, 1.165) is 12.8 Å². The van der Waals surface area contributed by atoms with Crippen LogP contribution in [0.4, 0.5) is 0 Å². The number of hydrogen-bond acceptors (Lipinski definition) is 5. The highest BCUT2D eigenvalue weighted by atomic mass is 16.5. The van der Waals surface area contributed by atoms with E-state index in [0.29, 0.717) is 31.0 Å². The van der Waals surface area contributed by atoms with Gasteiger partial charge in [0.25, 0.3) is 5.91 Å². The van der Waals surface area contributed by atoms with E-state index in [9.17, 15) is 9.59 Å². The molecular weight excluding hydrogens is 346 g/mol. The Balaban J connectivity index is 1.51. The predicted molar refractivity (Wildman–Crippen MR) is 97.2 cm³/mol. The van der Waals surface area contributed by atoms with Crippen molar-refractivity contribution in [3.63, 3.8) is 0 Å². The summed E-state index contributed by atoms with van der Waals surface area (Å²) in [4.78, 5) is 31.3. The van der Waals surface area contributed by atoms with Crippen molar-refractivity contribution in [2.45, 2.75) is 50.9 Å². The number of carbonyl (C=O) groups is 2. The molecule has 1 saturated heterocycles. The van der Waals surface area contributed by atoms with Gasteiger partial charge in [-0.1, -0.05) is 0 Å². The summed E-state index contributed by atoms with van der Waals surface area (Å²) in [6.45, 7) is 2.99. The average Bonchev–Trinajstić information content (AvgIpc) is 3.21. The summed E-state index contributed by atoms with van der Waals surface area (Å²) in [5, 5.41) is 7.30. The van der Waals surface area contributed by atoms with Crippen molar-refractivity contribution < 1.29 is 14.3 Å². The number of aryl methyl sites for hydroxylation is 1. The molecule has 0 bridgehead atoms. The van der Waals surface area contributed by atoms with Crippen LogP contribution >= 0.6 is 0 Å². The first-order chi connectivity index (χ1) is 13.1. The topological polar surface area (TPSA) is 89.4 Å². The van der Waals surface area contributed by atoms with Gasteiger partial charge in [-0.25, -0.2) is 0 Å². The van der Waals surface area contributed by atoms with Crippen LogP contribution in [0.5, 0.6) is 5.75 Å². The van der Waals surface area contributed by atoms with Gasteiger partial charge in [-0.3, -0.25) is 19.3 Å². The standard InChI is InChI=1S/C19H23N5O3/c1-2-23-9-7-16(22-23)19(26)24-12-15(27-14-4-3-8-20-11-14)10-17(24)18(25)21-13-5-6-13/h3-4,7-9,11,13,15,17H,2,5-6,10,12H2,1H3,(H,21,25)/t15-,17-/m0/s1. The molecule has 27 heavy (non-hydrogen) atoms. The molecule has 0 unspecified atom stereocenters. The molecule has 1 N–H and O–H groups in total. The first kappa shape index (κ1) is 17.5. The molecule has 3 heterocycles. The van der Waals surface area contributed by atoms with E-state index in [-0.39, 0.29) is 24.0 Å². The molecule has 2 aliphatic rings. The molecule has 8 heteroatoms. The second kappa shape index (κ2) is 7.38. The maximum atomic E-state index is 13.0. The highest BCUT2D eigenvalue weighted by Crippen LogP contribution is 2.26. The Kier molecular flexibility index (Phi) is 4.79. The SMILES string of the molecule is CCn1ccc(C(=O)N2C[C@@H](Oc3cccnc3)C[C@H]2C(=O)NC2CC2)n1. The van der Waals surface area contributed by atoms with Gasteiger partial charge < -0.3 is 15.0 Å². The predicted octanol–water partition coefficient (Wildman–Crippen LogP) is 1.24. The summed E-state index contributed by atoms with van der Waals surface area (Å²) in [7, 11) is 0. The van der Waals surface area contributed by atoms with Gasteiger partial charge >= 0.3 is 0 Å². The van der Waals surface area contributed by atoms with Crippen molar-refractivity contribution in [2.24, 2.45) is 0 Å². The molecule has 8 nitrogen and oxygen atoms in total. The molecule has 1 saturated carbocycles. The smallest absolute Gasteiger partial charge is 0.275 e. The molecule has 142 valence electrons. The molecular formula is C19H23N5O3. The van der Waals surface area contributed by atoms with E-state index in [1.54, 1.807) is 40.3 Å². The van der Waals surface area contributed by atoms with Gasteiger partial charge in [0.05, 0.1) is 12.7 Å². The van der Waals surface area contributed by atoms with Crippen molar-refractivity contribution in [1.82, 2.24) is 25.0 Å². The Labute approximate surface area is 157 Å². The lowest BCUT2D eigenvalue weighted by atomic mass is 10.1. The number of nitrogens with one attached hydrogen (secondary N) is 1. The molecule has 0 aromatic carbocycles. The molecule has 2 aromatic rings. The molecule has 2 aromatic heterocycles. The minimum atomic E-state index is -0.549. The zero-order chi connectivity index (χ0) is 18.8. The number of aromatic nitrogens is 3. The number of carbonyl (C=O) groups excluding carboxylic acids is 2. The third-order valence-electron chi connectivity index (χ3n) is 4.87. The maximum absolute atomic E-state index is 13.0. The third kappa shape index (κ3) is 3.94. The van der Waals surface area contributed by atoms with Crippen molar-refractivity contribution in [1.29, 1.82) is 0 Å². The Morgan fingerprint density at radius 1 is 1.33 bits per heavy atom. The molecule has 0 spiro atoms. The summed E-state index contributed by atoms with van der Waals surface area (Å²) < 4.78 is 7.66. The summed E-state index contributed by atoms with van der Waals surface area (Å²) in [6.07, 6.45) is 7.27. The van der Waals surface area contributed by atoms with Crippen LogP contribution in [-0.4, -0.2) is 56.2 Å². The Morgan fingerprint density at radius 3 is 2.85 bits per heavy atom. The van der Waals surface area contributed by atoms with E-state index >= 15 is 0 Å². The average molecular weight is 369 g/mol. The zero-order valence-electron chi connectivity index (χ0n) is 15.2. The summed E-state index contributed by atoms with van der Waals surface area (Å²) in [6, 6.07) is 5.00. The van der Waals surface area contributed by atoms with Gasteiger partial charge in [0, 0.05) is 31.4 Å². The summed E-state index contributed by atoms with van der Waals surface area (Å²) >= 11 is 0. The second-order valence-electron chi connectivity index (χ2n) is 6.98. The molecule has 0 radical (unpaired) electrons. The van der Waals surface area contributed by atoms with Gasteiger partial charge in [-0.2, -0.15) is 5.10 Å². The number of rotatable bonds is 6. The van der Waals surface area contributed by atoms with Gasteiger partial charge in [-0.15, -0.1) is 0 Å². The molecule has 2 amide bonds. The minimum absolute atomic E-state index is 0.113. The van der Waals surface area contributed by atoms with Crippen LogP contribution in [0, 0.1) is 0 Å². The largest absolute Gasteiger partial charge is 0.487 e. The highest BCUT2D eigenvalue weighted by molar-refractivity contribution is 5.96. The molecule has 2 atom stereocenters. The Morgan fingerprint density at radius 2 is 2.19 bits per heavy atom. The second-order valence-corrected chi connectivity index (χ2v) is 6.98. The van der Waals surface area contributed by atoms with Gasteiger partial charge in [0.1, 0.15) is 23.6 Å². The van der Waals surface area contributed by atoms with E-state index < -0.39 is 6.04 Å². The van der Waals surface area contributed by atoms with Crippen LogP contribution in [0.15, 0.2) is 36.8 Å². The van der Waals surface area contributed by atoms with Crippen LogP contribution in [0.25, 0.3) is 0 Å². The molecule has 1 aliphatic heterocycles. The number of likely N-dealkylation sites (tertiary alicyclic amines) is 1. The number of pyridine rings is 1. The summed E-state index contributed by atoms with van der Waals surface area (Å²) in [5.41, 5.74) is 0.350. The van der Waals surface area contributed by atoms with Crippen molar-refractivity contribution >= 4 is 11.8 Å². The lowest BCUT2D eigenvalue weighted by Crippen LogP contribution is -2.46. The van der Waals surface area contributed by atoms with Gasteiger partial charge in [-0.05, 0) is 38.0 Å². The lowest BCUT2D eigenvalue weighted by molar-refractivity contribution is -0.125. The maximum Gasteiger partial charge on any atom is 0.275 e. The third-order valence-corrected chi connectivity index (χ3v) is 4.87. The van der Waals surface area contributed by atoms with Crippen LogP contribution in [-0.2, 0) is 11.3 Å². The highest BCUT2D eigenvalue weighted by Gasteiger charge is 2.42. The quantitative estimate of drug-likeness (QED) is 0.827. The number of amides is 2. The number of nitrogens with zero attached hydrogens (tertiary/aromatic N) is 4. The zero-order valence-corrected chi connectivity index (χ0v) is 15.2. The van der Waals surface area contributed by atoms with Crippen LogP contribution in [0.3, 0.4) is 0 Å². The number of ether oxygens (including phenoxy) is 1. The van der Waals surface area contributed by atoms with Crippen LogP contribution in [0.1, 0.15) is 36.7 Å². The first-order valence-electron chi connectivity index (χ1n) is 9.35. The van der Waals surface area contributed by atoms with E-state index in [2.05, 4.69) is 15.4 Å². The fraction of sp³-hybridized carbons (Fsp3) is 0.474. The Bertz CT molecular complexity index is 818. The minimum Gasteiger partial charge on any atom is -0.487 e. The first-order valence-corrected chi connectivity index (χ1v) is 9.35. The number of hydrogen-bond donors (Lipinski definition) is 1. The van der Waals surface area contributed by atoms with Crippen molar-refractivity contribution in [3.8, 4) is 5.75 Å². The van der Waals surface area contributed by atoms with Crippen LogP contribution < -0.4 is 10.1 Å². The lowest BCUT2D eigenvalue weighted by Gasteiger charge is -2.22. The fourth-order valence-corrected chi connectivity index (χ4v) is 3.29. The van der Waals surface area contributed by atoms with Crippen LogP contribution in [0.2, 0.25) is 0 Å². The van der Waals surface area contributed by atoms with E-state index in [4.69, 9.17) is 4.74 Å². The monoisotopic (exact) mass is 369 g/mol. The van der Waals surface area contributed by atoms with Gasteiger partial charge in [0.15, 0.2) is 0 Å². The molecule has 4 rings (SSSR count). The fourth-order valence-electron chi connectivity index (χ4n) is 3.29. The van der Waals surface area contributed by atoms with Gasteiger partial charge in [0.2, 0.25) is 5.91 Å². The molecule has 2 fully saturated rings. The normalized spacial score (nSPS) is 21.9. The molecule has 1 aliphatic carbocycles. The van der Waals surface area contributed by atoms with E-state index in [1.807, 2.05) is 13.0 Å². The van der Waals surface area contributed by atoms with Crippen molar-refractivity contribution in [2.75, 3.05) is 6.54 Å².